The molecular formula is C42H32N2. The molecular weight excluding hydrogens is 532 g/mol. The Morgan fingerprint density at radius 2 is 1.23 bits per heavy atom. The summed E-state index contributed by atoms with van der Waals surface area (Å²) in [7, 11) is 0. The number of fused-ring (bicyclic) bond motifs is 6. The van der Waals surface area contributed by atoms with Gasteiger partial charge in [0.2, 0.25) is 0 Å². The Balaban J connectivity index is 1.22. The van der Waals surface area contributed by atoms with E-state index >= 15 is 0 Å². The number of aromatic nitrogens is 2. The van der Waals surface area contributed by atoms with Gasteiger partial charge in [-0.2, -0.15) is 0 Å². The van der Waals surface area contributed by atoms with E-state index in [1.54, 1.807) is 0 Å². The van der Waals surface area contributed by atoms with Gasteiger partial charge >= 0.3 is 0 Å². The third-order valence-electron chi connectivity index (χ3n) is 9.51. The molecule has 0 atom stereocenters. The maximum absolute atomic E-state index is 2.55. The van der Waals surface area contributed by atoms with Crippen molar-refractivity contribution in [3.8, 4) is 22.5 Å². The molecule has 0 bridgehead atoms. The summed E-state index contributed by atoms with van der Waals surface area (Å²) in [4.78, 5) is 0. The van der Waals surface area contributed by atoms with Crippen molar-refractivity contribution in [3.63, 3.8) is 0 Å². The molecule has 2 heteroatoms. The average molecular weight is 565 g/mol. The zero-order valence-electron chi connectivity index (χ0n) is 24.6. The standard InChI is InChI=1S/C42H32N2/c1-3-12-29(13-4-1)31-22-24-41-37(26-31)35-18-7-9-20-39(35)43(41)33-16-11-17-34(28-33)44-40-21-10-8-19-36(40)38-27-32(23-25-42(38)44)30-14-5-2-6-15-30/h1-7,9-18,20-22,24,26-28H,8,19,23,25H2. The van der Waals surface area contributed by atoms with Crippen LogP contribution in [0, 0.1) is 0 Å². The number of benzene rings is 5. The minimum atomic E-state index is 1.04. The molecule has 5 aromatic carbocycles. The summed E-state index contributed by atoms with van der Waals surface area (Å²) in [6.07, 6.45) is 11.5. The molecule has 0 spiro atoms. The number of allylic oxidation sites excluding steroid dienone is 2. The van der Waals surface area contributed by atoms with E-state index in [9.17, 15) is 0 Å². The minimum absolute atomic E-state index is 1.04. The second-order valence-corrected chi connectivity index (χ2v) is 12.0. The van der Waals surface area contributed by atoms with Gasteiger partial charge in [-0.3, -0.25) is 0 Å². The van der Waals surface area contributed by atoms with Gasteiger partial charge in [-0.15, -0.1) is 0 Å². The number of nitrogens with zero attached hydrogens (tertiary/aromatic N) is 2. The largest absolute Gasteiger partial charge is 0.313 e. The molecule has 2 heterocycles. The van der Waals surface area contributed by atoms with Gasteiger partial charge in [0.25, 0.3) is 0 Å². The van der Waals surface area contributed by atoms with E-state index in [1.165, 1.54) is 78.0 Å². The van der Waals surface area contributed by atoms with E-state index in [0.29, 0.717) is 0 Å². The highest BCUT2D eigenvalue weighted by Gasteiger charge is 2.26. The highest BCUT2D eigenvalue weighted by Crippen LogP contribution is 2.40. The van der Waals surface area contributed by atoms with Gasteiger partial charge in [-0.25, -0.2) is 0 Å². The second-order valence-electron chi connectivity index (χ2n) is 12.0. The van der Waals surface area contributed by atoms with Crippen molar-refractivity contribution >= 4 is 39.5 Å². The molecule has 2 aromatic heterocycles. The Morgan fingerprint density at radius 1 is 0.500 bits per heavy atom. The lowest BCUT2D eigenvalue weighted by Crippen LogP contribution is -2.07. The maximum atomic E-state index is 2.55. The number of rotatable bonds is 4. The number of para-hydroxylation sites is 1. The zero-order chi connectivity index (χ0) is 29.0. The van der Waals surface area contributed by atoms with Gasteiger partial charge in [-0.05, 0) is 108 Å². The van der Waals surface area contributed by atoms with E-state index < -0.39 is 0 Å². The first-order valence-electron chi connectivity index (χ1n) is 15.7. The van der Waals surface area contributed by atoms with Crippen molar-refractivity contribution in [2.24, 2.45) is 0 Å². The molecule has 0 amide bonds. The van der Waals surface area contributed by atoms with E-state index in [2.05, 4.69) is 155 Å². The highest BCUT2D eigenvalue weighted by atomic mass is 15.0. The highest BCUT2D eigenvalue weighted by molar-refractivity contribution is 6.10. The fourth-order valence-electron chi connectivity index (χ4n) is 7.50. The van der Waals surface area contributed by atoms with Crippen LogP contribution in [0.25, 0.3) is 62.0 Å². The van der Waals surface area contributed by atoms with E-state index in [-0.39, 0.29) is 0 Å². The van der Waals surface area contributed by atoms with Gasteiger partial charge in [0.05, 0.1) is 11.0 Å². The van der Waals surface area contributed by atoms with Gasteiger partial charge in [0.1, 0.15) is 0 Å². The lowest BCUT2D eigenvalue weighted by atomic mass is 9.89. The van der Waals surface area contributed by atoms with Gasteiger partial charge in [-0.1, -0.05) is 97.1 Å². The van der Waals surface area contributed by atoms with Crippen molar-refractivity contribution < 1.29 is 0 Å². The average Bonchev–Trinajstić information content (AvgIpc) is 3.61. The van der Waals surface area contributed by atoms with Crippen LogP contribution in [0.15, 0.2) is 133 Å². The monoisotopic (exact) mass is 564 g/mol. The maximum Gasteiger partial charge on any atom is 0.0541 e. The predicted octanol–water partition coefficient (Wildman–Crippen LogP) is 10.7. The molecule has 7 aromatic rings. The normalized spacial score (nSPS) is 14.0. The summed E-state index contributed by atoms with van der Waals surface area (Å²) in [5.41, 5.74) is 15.9. The van der Waals surface area contributed by atoms with E-state index in [1.807, 2.05) is 0 Å². The molecule has 0 N–H and O–H groups in total. The summed E-state index contributed by atoms with van der Waals surface area (Å²) in [6.45, 7) is 0. The molecule has 9 rings (SSSR count). The summed E-state index contributed by atoms with van der Waals surface area (Å²) >= 11 is 0. The van der Waals surface area contributed by atoms with Gasteiger partial charge < -0.3 is 9.13 Å². The molecule has 44 heavy (non-hydrogen) atoms. The van der Waals surface area contributed by atoms with Crippen LogP contribution in [-0.2, 0) is 12.8 Å². The quantitative estimate of drug-likeness (QED) is 0.201. The molecule has 0 saturated heterocycles. The van der Waals surface area contributed by atoms with Crippen molar-refractivity contribution in [1.82, 2.24) is 9.13 Å². The Labute approximate surface area is 257 Å². The van der Waals surface area contributed by atoms with E-state index in [4.69, 9.17) is 0 Å². The Morgan fingerprint density at radius 3 is 2.07 bits per heavy atom. The third kappa shape index (κ3) is 3.95. The Bertz CT molecular complexity index is 2260. The lowest BCUT2D eigenvalue weighted by Gasteiger charge is -2.19. The fourth-order valence-corrected chi connectivity index (χ4v) is 7.50. The summed E-state index contributed by atoms with van der Waals surface area (Å²) in [5, 5.41) is 2.56. The van der Waals surface area contributed by atoms with Crippen LogP contribution in [0.3, 0.4) is 0 Å². The molecule has 210 valence electrons. The molecule has 0 radical (unpaired) electrons. The summed E-state index contributed by atoms with van der Waals surface area (Å²) < 4.78 is 4.98. The molecule has 0 saturated carbocycles. The van der Waals surface area contributed by atoms with Crippen molar-refractivity contribution in [3.05, 3.63) is 162 Å². The first-order valence-corrected chi connectivity index (χ1v) is 15.7. The molecule has 2 aliphatic carbocycles. The van der Waals surface area contributed by atoms with Gasteiger partial charge in [0.15, 0.2) is 0 Å². The van der Waals surface area contributed by atoms with Crippen LogP contribution < -0.4 is 0 Å². The Hall–Kier alpha value is -5.34. The van der Waals surface area contributed by atoms with Crippen LogP contribution in [0.1, 0.15) is 40.9 Å². The van der Waals surface area contributed by atoms with Crippen molar-refractivity contribution in [2.75, 3.05) is 0 Å². The van der Waals surface area contributed by atoms with Crippen molar-refractivity contribution in [1.29, 1.82) is 0 Å². The van der Waals surface area contributed by atoms with Crippen LogP contribution >= 0.6 is 0 Å². The third-order valence-corrected chi connectivity index (χ3v) is 9.51. The Kier molecular flexibility index (Phi) is 5.80. The lowest BCUT2D eigenvalue weighted by molar-refractivity contribution is 0.874. The summed E-state index contributed by atoms with van der Waals surface area (Å²) in [6, 6.07) is 46.5. The topological polar surface area (TPSA) is 9.86 Å². The molecule has 0 fully saturated rings. The van der Waals surface area contributed by atoms with E-state index in [0.717, 1.165) is 25.7 Å². The second kappa shape index (κ2) is 10.1. The minimum Gasteiger partial charge on any atom is -0.313 e. The van der Waals surface area contributed by atoms with Crippen LogP contribution in [0.2, 0.25) is 0 Å². The SMILES string of the molecule is C1=Cc2c(c3c(n2-c2cccc(-n4c5ccccc5c5cc(-c6ccccc6)ccc54)c2)CCC(c2ccccc2)=C3)CC1. The zero-order valence-corrected chi connectivity index (χ0v) is 24.6. The van der Waals surface area contributed by atoms with Gasteiger partial charge in [0, 0.05) is 33.5 Å². The fraction of sp³-hybridized carbons (Fsp3) is 0.0952. The number of hydrogen-bond donors (Lipinski definition) is 0. The molecule has 2 nitrogen and oxygen atoms in total. The first kappa shape index (κ1) is 25.2. The summed E-state index contributed by atoms with van der Waals surface area (Å²) in [5.74, 6) is 0. The predicted molar refractivity (Wildman–Crippen MR) is 186 cm³/mol. The molecule has 0 unspecified atom stereocenters. The first-order chi connectivity index (χ1) is 21.8. The van der Waals surface area contributed by atoms with Crippen molar-refractivity contribution in [2.45, 2.75) is 25.7 Å². The molecule has 0 aliphatic heterocycles. The van der Waals surface area contributed by atoms with Crippen LogP contribution in [-0.4, -0.2) is 9.13 Å². The van der Waals surface area contributed by atoms with Crippen LogP contribution in [0.5, 0.6) is 0 Å². The van der Waals surface area contributed by atoms with Crippen LogP contribution in [0.4, 0.5) is 0 Å². The number of hydrogen-bond acceptors (Lipinski definition) is 0. The molecule has 2 aliphatic rings. The smallest absolute Gasteiger partial charge is 0.0541 e.